The van der Waals surface area contributed by atoms with Crippen molar-refractivity contribution >= 4 is 18.2 Å². The number of hydrogen-bond donors (Lipinski definition) is 1. The summed E-state index contributed by atoms with van der Waals surface area (Å²) in [7, 11) is 0. The van der Waals surface area contributed by atoms with Crippen LogP contribution in [0, 0.1) is 5.92 Å². The number of hydrazone groups is 1. The van der Waals surface area contributed by atoms with Gasteiger partial charge in [0, 0.05) is 38.2 Å². The Morgan fingerprint density at radius 2 is 1.92 bits per heavy atom. The Morgan fingerprint density at radius 1 is 1.21 bits per heavy atom. The second-order valence-electron chi connectivity index (χ2n) is 6.24. The summed E-state index contributed by atoms with van der Waals surface area (Å²) in [6.45, 7) is 3.77. The van der Waals surface area contributed by atoms with Gasteiger partial charge in [-0.1, -0.05) is 30.3 Å². The zero-order chi connectivity index (χ0) is 16.9. The number of carbonyl (C=O) groups is 2. The highest BCUT2D eigenvalue weighted by Gasteiger charge is 2.35. The molecule has 0 radical (unpaired) electrons. The number of benzene rings is 1. The molecule has 1 saturated heterocycles. The van der Waals surface area contributed by atoms with Crippen molar-refractivity contribution in [2.45, 2.75) is 32.2 Å². The van der Waals surface area contributed by atoms with Crippen LogP contribution in [0.25, 0.3) is 0 Å². The van der Waals surface area contributed by atoms with E-state index in [9.17, 15) is 9.59 Å². The number of hydrogen-bond acceptors (Lipinski definition) is 3. The zero-order valence-corrected chi connectivity index (χ0v) is 14.0. The molecule has 0 aliphatic carbocycles. The first kappa shape index (κ1) is 16.5. The molecule has 1 fully saturated rings. The molecule has 0 aromatic heterocycles. The van der Waals surface area contributed by atoms with Crippen LogP contribution in [0.3, 0.4) is 0 Å². The minimum Gasteiger partial charge on any atom is -0.338 e. The number of urea groups is 1. The smallest absolute Gasteiger partial charge is 0.317 e. The van der Waals surface area contributed by atoms with Gasteiger partial charge in [0.25, 0.3) is 0 Å². The van der Waals surface area contributed by atoms with Gasteiger partial charge in [-0.15, -0.1) is 0 Å². The van der Waals surface area contributed by atoms with Gasteiger partial charge in [-0.2, -0.15) is 5.10 Å². The van der Waals surface area contributed by atoms with Crippen LogP contribution in [0.15, 0.2) is 35.4 Å². The highest BCUT2D eigenvalue weighted by atomic mass is 16.2. The molecule has 6 nitrogen and oxygen atoms in total. The van der Waals surface area contributed by atoms with Crippen molar-refractivity contribution in [3.63, 3.8) is 0 Å². The molecule has 6 heteroatoms. The molecule has 0 saturated carbocycles. The van der Waals surface area contributed by atoms with Crippen molar-refractivity contribution < 1.29 is 9.59 Å². The average molecular weight is 328 g/mol. The fourth-order valence-corrected chi connectivity index (χ4v) is 3.36. The maximum atomic E-state index is 12.9. The van der Waals surface area contributed by atoms with Gasteiger partial charge in [0.05, 0.1) is 6.04 Å². The third-order valence-corrected chi connectivity index (χ3v) is 4.70. The van der Waals surface area contributed by atoms with Gasteiger partial charge in [-0.3, -0.25) is 4.79 Å². The first-order valence-electron chi connectivity index (χ1n) is 8.64. The van der Waals surface area contributed by atoms with Gasteiger partial charge in [0.2, 0.25) is 5.91 Å². The lowest BCUT2D eigenvalue weighted by Gasteiger charge is -2.33. The van der Waals surface area contributed by atoms with Crippen LogP contribution in [-0.4, -0.2) is 47.7 Å². The molecule has 1 N–H and O–H groups in total. The fourth-order valence-electron chi connectivity index (χ4n) is 3.36. The number of rotatable bonds is 3. The molecule has 2 heterocycles. The number of likely N-dealkylation sites (tertiary alicyclic amines) is 1. The van der Waals surface area contributed by atoms with Gasteiger partial charge in [0.1, 0.15) is 0 Å². The number of carbonyl (C=O) groups excluding carboxylic acids is 2. The fraction of sp³-hybridized carbons (Fsp3) is 0.500. The van der Waals surface area contributed by atoms with E-state index in [1.807, 2.05) is 43.5 Å². The molecular formula is C18H24N4O2. The Kier molecular flexibility index (Phi) is 5.13. The maximum absolute atomic E-state index is 12.9. The van der Waals surface area contributed by atoms with Crippen LogP contribution in [0.4, 0.5) is 4.79 Å². The van der Waals surface area contributed by atoms with Crippen molar-refractivity contribution in [2.24, 2.45) is 11.0 Å². The molecule has 0 spiro atoms. The molecule has 24 heavy (non-hydrogen) atoms. The topological polar surface area (TPSA) is 65.0 Å². The monoisotopic (exact) mass is 328 g/mol. The molecule has 2 aliphatic rings. The zero-order valence-electron chi connectivity index (χ0n) is 14.0. The Morgan fingerprint density at radius 3 is 2.58 bits per heavy atom. The van der Waals surface area contributed by atoms with Crippen LogP contribution >= 0.6 is 0 Å². The molecule has 1 atom stereocenters. The summed E-state index contributed by atoms with van der Waals surface area (Å²) in [6.07, 6.45) is 3.97. The minimum absolute atomic E-state index is 0.000111. The van der Waals surface area contributed by atoms with E-state index in [4.69, 9.17) is 0 Å². The van der Waals surface area contributed by atoms with Crippen molar-refractivity contribution in [1.29, 1.82) is 0 Å². The summed E-state index contributed by atoms with van der Waals surface area (Å²) in [4.78, 5) is 26.5. The van der Waals surface area contributed by atoms with Crippen molar-refractivity contribution in [2.75, 3.05) is 19.6 Å². The van der Waals surface area contributed by atoms with Gasteiger partial charge in [-0.05, 0) is 25.3 Å². The van der Waals surface area contributed by atoms with E-state index in [2.05, 4.69) is 10.4 Å². The normalized spacial score (nSPS) is 21.1. The van der Waals surface area contributed by atoms with Crippen LogP contribution < -0.4 is 5.32 Å². The summed E-state index contributed by atoms with van der Waals surface area (Å²) < 4.78 is 0. The third kappa shape index (κ3) is 3.42. The first-order valence-corrected chi connectivity index (χ1v) is 8.64. The lowest BCUT2D eigenvalue weighted by molar-refractivity contribution is -0.138. The molecule has 3 amide bonds. The van der Waals surface area contributed by atoms with Crippen molar-refractivity contribution in [3.05, 3.63) is 35.9 Å². The molecule has 1 aromatic rings. The number of amides is 3. The maximum Gasteiger partial charge on any atom is 0.317 e. The van der Waals surface area contributed by atoms with E-state index in [-0.39, 0.29) is 23.9 Å². The molecule has 1 unspecified atom stereocenters. The number of piperidine rings is 1. The number of nitrogens with zero attached hydrogens (tertiary/aromatic N) is 3. The summed E-state index contributed by atoms with van der Waals surface area (Å²) in [5.74, 6) is 0.0188. The quantitative estimate of drug-likeness (QED) is 0.926. The van der Waals surface area contributed by atoms with E-state index < -0.39 is 0 Å². The van der Waals surface area contributed by atoms with Crippen molar-refractivity contribution in [3.8, 4) is 0 Å². The van der Waals surface area contributed by atoms with Crippen molar-refractivity contribution in [1.82, 2.24) is 15.2 Å². The van der Waals surface area contributed by atoms with Gasteiger partial charge in [-0.25, -0.2) is 9.80 Å². The van der Waals surface area contributed by atoms with Crippen LogP contribution in [0.1, 0.15) is 37.8 Å². The molecule has 1 aromatic carbocycles. The molecule has 0 bridgehead atoms. The molecule has 3 rings (SSSR count). The molecule has 2 aliphatic heterocycles. The summed E-state index contributed by atoms with van der Waals surface area (Å²) in [5.41, 5.74) is 1.11. The largest absolute Gasteiger partial charge is 0.338 e. The second-order valence-corrected chi connectivity index (χ2v) is 6.24. The Hall–Kier alpha value is -2.37. The van der Waals surface area contributed by atoms with Gasteiger partial charge >= 0.3 is 6.03 Å². The van der Waals surface area contributed by atoms with Gasteiger partial charge < -0.3 is 10.2 Å². The average Bonchev–Trinajstić information content (AvgIpc) is 3.12. The predicted molar refractivity (Wildman–Crippen MR) is 92.5 cm³/mol. The standard InChI is InChI=1S/C18H24N4O2/c1-2-19-18(24)21-12-9-15(10-13-21)17(23)22-16(8-11-20-22)14-6-4-3-5-7-14/h3-7,11,15-16H,2,8-10,12-13H2,1H3,(H,19,24). The second kappa shape index (κ2) is 7.47. The van der Waals surface area contributed by atoms with Gasteiger partial charge in [0.15, 0.2) is 0 Å². The minimum atomic E-state index is -0.0582. The summed E-state index contributed by atoms with van der Waals surface area (Å²) >= 11 is 0. The first-order chi connectivity index (χ1) is 11.7. The Balaban J connectivity index is 1.61. The third-order valence-electron chi connectivity index (χ3n) is 4.70. The highest BCUT2D eigenvalue weighted by Crippen LogP contribution is 2.31. The summed E-state index contributed by atoms with van der Waals surface area (Å²) in [5, 5.41) is 8.77. The van der Waals surface area contributed by atoms with E-state index >= 15 is 0 Å². The van der Waals surface area contributed by atoms with E-state index in [0.29, 0.717) is 32.5 Å². The number of nitrogens with one attached hydrogen (secondary N) is 1. The predicted octanol–water partition coefficient (Wildman–Crippen LogP) is 2.39. The molecule has 128 valence electrons. The lowest BCUT2D eigenvalue weighted by Crippen LogP contribution is -2.47. The lowest BCUT2D eigenvalue weighted by atomic mass is 9.94. The van der Waals surface area contributed by atoms with E-state index in [1.165, 1.54) is 0 Å². The summed E-state index contributed by atoms with van der Waals surface area (Å²) in [6, 6.07) is 9.99. The van der Waals surface area contributed by atoms with E-state index in [0.717, 1.165) is 12.0 Å². The Labute approximate surface area is 142 Å². The molecular weight excluding hydrogens is 304 g/mol. The van der Waals surface area contributed by atoms with Crippen LogP contribution in [-0.2, 0) is 4.79 Å². The SMILES string of the molecule is CCNC(=O)N1CCC(C(=O)N2N=CCC2c2ccccc2)CC1. The van der Waals surface area contributed by atoms with Crippen LogP contribution in [0.5, 0.6) is 0 Å². The Bertz CT molecular complexity index is 609. The van der Waals surface area contributed by atoms with Crippen LogP contribution in [0.2, 0.25) is 0 Å². The highest BCUT2D eigenvalue weighted by molar-refractivity contribution is 5.82. The van der Waals surface area contributed by atoms with E-state index in [1.54, 1.807) is 9.91 Å².